The Kier molecular flexibility index (Phi) is 3.99. The van der Waals surface area contributed by atoms with Crippen molar-refractivity contribution in [3.8, 4) is 0 Å². The van der Waals surface area contributed by atoms with Gasteiger partial charge in [0.15, 0.2) is 0 Å². The van der Waals surface area contributed by atoms with Gasteiger partial charge in [0.05, 0.1) is 0 Å². The third-order valence-corrected chi connectivity index (χ3v) is 2.68. The van der Waals surface area contributed by atoms with E-state index in [1.807, 2.05) is 12.1 Å². The molecule has 64 valence electrons. The van der Waals surface area contributed by atoms with Gasteiger partial charge in [0.1, 0.15) is 4.49 Å². The summed E-state index contributed by atoms with van der Waals surface area (Å²) < 4.78 is 0.292. The van der Waals surface area contributed by atoms with Crippen LogP contribution in [-0.4, -0.2) is 0 Å². The monoisotopic (exact) mass is 218 g/mol. The Hall–Kier alpha value is -0.110. The molecule has 0 atom stereocenters. The van der Waals surface area contributed by atoms with Crippen LogP contribution < -0.4 is 0 Å². The van der Waals surface area contributed by atoms with E-state index in [1.54, 1.807) is 5.41 Å². The summed E-state index contributed by atoms with van der Waals surface area (Å²) in [5.74, 6) is 0. The second-order valence-corrected chi connectivity index (χ2v) is 4.29. The van der Waals surface area contributed by atoms with E-state index in [2.05, 4.69) is 19.1 Å². The van der Waals surface area contributed by atoms with Crippen molar-refractivity contribution in [3.05, 3.63) is 39.7 Å². The lowest BCUT2D eigenvalue weighted by Crippen LogP contribution is -1.70. The van der Waals surface area contributed by atoms with Crippen molar-refractivity contribution in [2.24, 2.45) is 0 Å². The molecule has 0 fully saturated rings. The minimum Gasteiger partial charge on any atom is -0.0956 e. The van der Waals surface area contributed by atoms with Crippen LogP contribution in [0.2, 0.25) is 0 Å². The van der Waals surface area contributed by atoms with Gasteiger partial charge in [-0.2, -0.15) is 0 Å². The van der Waals surface area contributed by atoms with E-state index in [9.17, 15) is 0 Å². The first-order valence-electron chi connectivity index (χ1n) is 3.43. The van der Waals surface area contributed by atoms with Crippen LogP contribution in [0.5, 0.6) is 0 Å². The first-order chi connectivity index (χ1) is 5.68. The first-order valence-corrected chi connectivity index (χ1v) is 5.06. The lowest BCUT2D eigenvalue weighted by Gasteiger charge is -1.95. The lowest BCUT2D eigenvalue weighted by molar-refractivity contribution is 1.38. The second-order valence-electron chi connectivity index (χ2n) is 2.34. The average Bonchev–Trinajstić information content (AvgIpc) is 2.03. The van der Waals surface area contributed by atoms with Gasteiger partial charge in [0.2, 0.25) is 0 Å². The number of aryl methyl sites for hydroxylation is 1. The van der Waals surface area contributed by atoms with E-state index < -0.39 is 0 Å². The number of hydrogen-bond acceptors (Lipinski definition) is 1. The highest BCUT2D eigenvalue weighted by Gasteiger charge is 1.90. The van der Waals surface area contributed by atoms with E-state index in [0.29, 0.717) is 4.49 Å². The Balaban J connectivity index is 2.65. The van der Waals surface area contributed by atoms with Crippen LogP contribution in [0.25, 0.3) is 0 Å². The minimum absolute atomic E-state index is 0.292. The lowest BCUT2D eigenvalue weighted by atomic mass is 10.2. The van der Waals surface area contributed by atoms with E-state index in [0.717, 1.165) is 4.90 Å². The maximum absolute atomic E-state index is 5.46. The summed E-state index contributed by atoms with van der Waals surface area (Å²) in [4.78, 5) is 1.14. The summed E-state index contributed by atoms with van der Waals surface area (Å²) in [6.07, 6.45) is 0. The highest BCUT2D eigenvalue weighted by Crippen LogP contribution is 2.23. The fraction of sp³-hybridized carbons (Fsp3) is 0.111. The number of hydrogen-bond donors (Lipinski definition) is 0. The quantitative estimate of drug-likeness (QED) is 0.665. The van der Waals surface area contributed by atoms with Gasteiger partial charge in [0, 0.05) is 10.3 Å². The molecule has 0 heterocycles. The smallest absolute Gasteiger partial charge is 0.0956 e. The first kappa shape index (κ1) is 9.97. The molecule has 3 heteroatoms. The average molecular weight is 219 g/mol. The molecule has 0 nitrogen and oxygen atoms in total. The molecule has 1 aromatic carbocycles. The topological polar surface area (TPSA) is 0 Å². The number of rotatable bonds is 2. The molecule has 0 aliphatic heterocycles. The van der Waals surface area contributed by atoms with Gasteiger partial charge in [-0.25, -0.2) is 0 Å². The maximum atomic E-state index is 5.46. The molecular weight excluding hydrogens is 211 g/mol. The molecule has 12 heavy (non-hydrogen) atoms. The summed E-state index contributed by atoms with van der Waals surface area (Å²) in [6, 6.07) is 8.18. The van der Waals surface area contributed by atoms with Crippen molar-refractivity contribution in [2.75, 3.05) is 0 Å². The molecule has 0 radical (unpaired) electrons. The molecule has 0 bridgehead atoms. The van der Waals surface area contributed by atoms with Gasteiger partial charge < -0.3 is 0 Å². The Morgan fingerprint density at radius 1 is 1.25 bits per heavy atom. The zero-order valence-electron chi connectivity index (χ0n) is 6.55. The normalized spacial score (nSPS) is 9.58. The Bertz CT molecular complexity index is 273. The van der Waals surface area contributed by atoms with Gasteiger partial charge in [-0.15, -0.1) is 0 Å². The van der Waals surface area contributed by atoms with E-state index in [-0.39, 0.29) is 0 Å². The number of thioether (sulfide) groups is 1. The number of benzene rings is 1. The van der Waals surface area contributed by atoms with Crippen molar-refractivity contribution < 1.29 is 0 Å². The van der Waals surface area contributed by atoms with Crippen LogP contribution in [0.3, 0.4) is 0 Å². The molecule has 1 rings (SSSR count). The van der Waals surface area contributed by atoms with E-state index >= 15 is 0 Å². The molecule has 0 amide bonds. The molecule has 0 aliphatic carbocycles. The predicted octanol–water partition coefficient (Wildman–Crippen LogP) is 4.36. The second kappa shape index (κ2) is 4.80. The summed E-state index contributed by atoms with van der Waals surface area (Å²) in [6.45, 7) is 2.05. The summed E-state index contributed by atoms with van der Waals surface area (Å²) in [7, 11) is 0. The largest absolute Gasteiger partial charge is 0.113 e. The van der Waals surface area contributed by atoms with Crippen LogP contribution in [0.1, 0.15) is 5.56 Å². The Morgan fingerprint density at radius 2 is 1.83 bits per heavy atom. The van der Waals surface area contributed by atoms with Crippen molar-refractivity contribution in [1.29, 1.82) is 0 Å². The molecule has 0 aliphatic rings. The molecule has 0 aromatic heterocycles. The van der Waals surface area contributed by atoms with Crippen molar-refractivity contribution in [3.63, 3.8) is 0 Å². The molecule has 1 aromatic rings. The van der Waals surface area contributed by atoms with Crippen LogP contribution in [0.4, 0.5) is 0 Å². The summed E-state index contributed by atoms with van der Waals surface area (Å²) in [5.41, 5.74) is 1.25. The number of halogens is 2. The van der Waals surface area contributed by atoms with Gasteiger partial charge in [-0.3, -0.25) is 0 Å². The highest BCUT2D eigenvalue weighted by molar-refractivity contribution is 8.02. The maximum Gasteiger partial charge on any atom is 0.113 e. The highest BCUT2D eigenvalue weighted by atomic mass is 35.5. The fourth-order valence-electron chi connectivity index (χ4n) is 0.729. The van der Waals surface area contributed by atoms with Gasteiger partial charge in [0.25, 0.3) is 0 Å². The van der Waals surface area contributed by atoms with Crippen LogP contribution in [-0.2, 0) is 0 Å². The van der Waals surface area contributed by atoms with Crippen LogP contribution in [0, 0.1) is 6.92 Å². The molecular formula is C9H8Cl2S. The van der Waals surface area contributed by atoms with Crippen LogP contribution in [0.15, 0.2) is 39.1 Å². The van der Waals surface area contributed by atoms with Crippen molar-refractivity contribution in [1.82, 2.24) is 0 Å². The summed E-state index contributed by atoms with van der Waals surface area (Å²) >= 11 is 12.4. The zero-order chi connectivity index (χ0) is 8.97. The van der Waals surface area contributed by atoms with Crippen molar-refractivity contribution in [2.45, 2.75) is 11.8 Å². The Morgan fingerprint density at radius 3 is 2.33 bits per heavy atom. The molecule has 0 saturated heterocycles. The van der Waals surface area contributed by atoms with E-state index in [4.69, 9.17) is 23.2 Å². The van der Waals surface area contributed by atoms with E-state index in [1.165, 1.54) is 17.3 Å². The molecule has 0 unspecified atom stereocenters. The summed E-state index contributed by atoms with van der Waals surface area (Å²) in [5, 5.41) is 1.70. The van der Waals surface area contributed by atoms with Crippen LogP contribution >= 0.6 is 35.0 Å². The Labute approximate surface area is 86.6 Å². The predicted molar refractivity (Wildman–Crippen MR) is 56.8 cm³/mol. The SMILES string of the molecule is Cc1ccc(SC=C(Cl)Cl)cc1. The van der Waals surface area contributed by atoms with Gasteiger partial charge >= 0.3 is 0 Å². The third-order valence-electron chi connectivity index (χ3n) is 1.31. The molecule has 0 N–H and O–H groups in total. The standard InChI is InChI=1S/C9H8Cl2S/c1-7-2-4-8(5-3-7)12-6-9(10)11/h2-6H,1H3. The molecule has 0 saturated carbocycles. The van der Waals surface area contributed by atoms with Gasteiger partial charge in [-0.05, 0) is 19.1 Å². The minimum atomic E-state index is 0.292. The zero-order valence-corrected chi connectivity index (χ0v) is 8.88. The third kappa shape index (κ3) is 3.53. The molecule has 0 spiro atoms. The fourth-order valence-corrected chi connectivity index (χ4v) is 1.52. The van der Waals surface area contributed by atoms with Crippen molar-refractivity contribution >= 4 is 35.0 Å². The van der Waals surface area contributed by atoms with Gasteiger partial charge in [-0.1, -0.05) is 52.7 Å².